The van der Waals surface area contributed by atoms with Crippen LogP contribution in [0.4, 0.5) is 24.5 Å². The number of nitrogens with zero attached hydrogens (tertiary/aromatic N) is 1. The number of aliphatic carboxylic acids is 1. The average Bonchev–Trinajstić information content (AvgIpc) is 2.99. The fourth-order valence-electron chi connectivity index (χ4n) is 3.89. The van der Waals surface area contributed by atoms with Gasteiger partial charge in [0.1, 0.15) is 0 Å². The van der Waals surface area contributed by atoms with Crippen molar-refractivity contribution in [2.75, 3.05) is 11.4 Å². The number of halogens is 3. The molecule has 0 aliphatic carbocycles. The number of hydrogen-bond acceptors (Lipinski definition) is 4. The van der Waals surface area contributed by atoms with Crippen LogP contribution >= 0.6 is 0 Å². The fraction of sp³-hybridized carbons (Fsp3) is 0.333. The van der Waals surface area contributed by atoms with Crippen LogP contribution in [0.3, 0.4) is 0 Å². The number of amides is 1. The highest BCUT2D eigenvalue weighted by atomic mass is 19.4. The predicted molar refractivity (Wildman–Crippen MR) is 120 cm³/mol. The number of hydrogen-bond donors (Lipinski definition) is 3. The molecule has 176 valence electrons. The van der Waals surface area contributed by atoms with Crippen molar-refractivity contribution in [1.82, 2.24) is 10.9 Å². The number of carbonyl (C=O) groups excluding carboxylic acids is 1. The van der Waals surface area contributed by atoms with E-state index in [0.717, 1.165) is 23.3 Å². The van der Waals surface area contributed by atoms with E-state index in [2.05, 4.69) is 10.9 Å². The van der Waals surface area contributed by atoms with E-state index in [1.165, 1.54) is 11.0 Å². The first kappa shape index (κ1) is 24.3. The van der Waals surface area contributed by atoms with Crippen molar-refractivity contribution in [2.24, 2.45) is 0 Å². The molecule has 0 spiro atoms. The van der Waals surface area contributed by atoms with E-state index >= 15 is 0 Å². The van der Waals surface area contributed by atoms with E-state index in [1.54, 1.807) is 19.1 Å². The molecule has 1 aliphatic heterocycles. The third-order valence-electron chi connectivity index (χ3n) is 5.31. The summed E-state index contributed by atoms with van der Waals surface area (Å²) in [4.78, 5) is 25.4. The van der Waals surface area contributed by atoms with E-state index in [9.17, 15) is 22.8 Å². The van der Waals surface area contributed by atoms with E-state index in [1.807, 2.05) is 19.9 Å². The van der Waals surface area contributed by atoms with Crippen LogP contribution in [0.25, 0.3) is 5.57 Å². The molecule has 0 saturated carbocycles. The van der Waals surface area contributed by atoms with Crippen LogP contribution in [0.1, 0.15) is 48.4 Å². The Balaban J connectivity index is 1.96. The van der Waals surface area contributed by atoms with Gasteiger partial charge in [0.2, 0.25) is 0 Å². The van der Waals surface area contributed by atoms with Crippen LogP contribution < -0.4 is 15.8 Å². The number of anilines is 2. The first-order valence-electron chi connectivity index (χ1n) is 10.5. The molecule has 6 nitrogen and oxygen atoms in total. The summed E-state index contributed by atoms with van der Waals surface area (Å²) in [5.41, 5.74) is 8.66. The van der Waals surface area contributed by atoms with Gasteiger partial charge in [0.25, 0.3) is 5.91 Å². The number of aryl methyl sites for hydroxylation is 2. The molecule has 1 aliphatic rings. The summed E-state index contributed by atoms with van der Waals surface area (Å²) in [6.45, 7) is 5.86. The van der Waals surface area contributed by atoms with Crippen molar-refractivity contribution in [3.05, 3.63) is 64.3 Å². The van der Waals surface area contributed by atoms with Gasteiger partial charge in [-0.25, -0.2) is 5.43 Å². The third kappa shape index (κ3) is 5.54. The Morgan fingerprint density at radius 2 is 1.73 bits per heavy atom. The molecule has 0 bridgehead atoms. The second-order valence-corrected chi connectivity index (χ2v) is 8.12. The monoisotopic (exact) mass is 461 g/mol. The molecular formula is C24H26F3N3O3. The van der Waals surface area contributed by atoms with Gasteiger partial charge >= 0.3 is 12.1 Å². The van der Waals surface area contributed by atoms with Gasteiger partial charge in [0.05, 0.1) is 16.8 Å². The number of carbonyl (C=O) groups is 2. The average molecular weight is 461 g/mol. The molecule has 3 rings (SSSR count). The summed E-state index contributed by atoms with van der Waals surface area (Å²) in [7, 11) is 0. The summed E-state index contributed by atoms with van der Waals surface area (Å²) in [5.74, 6) is -1.29. The molecule has 0 aromatic heterocycles. The van der Waals surface area contributed by atoms with Crippen LogP contribution in [0.15, 0.2) is 42.1 Å². The van der Waals surface area contributed by atoms with E-state index < -0.39 is 23.6 Å². The van der Waals surface area contributed by atoms with Crippen molar-refractivity contribution in [1.29, 1.82) is 0 Å². The number of rotatable bonds is 8. The molecular weight excluding hydrogens is 435 g/mol. The molecule has 0 unspecified atom stereocenters. The first-order valence-corrected chi connectivity index (χ1v) is 10.5. The summed E-state index contributed by atoms with van der Waals surface area (Å²) in [5, 5.41) is 8.69. The molecule has 0 fully saturated rings. The van der Waals surface area contributed by atoms with Gasteiger partial charge in [-0.1, -0.05) is 12.1 Å². The van der Waals surface area contributed by atoms with Crippen molar-refractivity contribution in [2.45, 2.75) is 46.2 Å². The van der Waals surface area contributed by atoms with Crippen molar-refractivity contribution in [3.63, 3.8) is 0 Å². The maximum Gasteiger partial charge on any atom is 0.416 e. The SMILES string of the molecule is C/C(NNCCCCC(=O)O)=C1/C(=O)N(c2cc(C)cc(C)c2)c2cc(C(F)(F)F)ccc21. The number of alkyl halides is 3. The van der Waals surface area contributed by atoms with Gasteiger partial charge < -0.3 is 10.5 Å². The van der Waals surface area contributed by atoms with Gasteiger partial charge in [-0.3, -0.25) is 14.5 Å². The van der Waals surface area contributed by atoms with Crippen molar-refractivity contribution < 1.29 is 27.9 Å². The van der Waals surface area contributed by atoms with Crippen molar-refractivity contribution in [3.8, 4) is 0 Å². The highest BCUT2D eigenvalue weighted by Crippen LogP contribution is 2.45. The number of allylic oxidation sites excluding steroid dienone is 1. The van der Waals surface area contributed by atoms with E-state index in [0.29, 0.717) is 36.3 Å². The molecule has 2 aromatic rings. The predicted octanol–water partition coefficient (Wildman–Crippen LogP) is 5.08. The maximum absolute atomic E-state index is 13.5. The zero-order chi connectivity index (χ0) is 24.3. The quantitative estimate of drug-likeness (QED) is 0.290. The highest BCUT2D eigenvalue weighted by Gasteiger charge is 2.38. The van der Waals surface area contributed by atoms with Gasteiger partial charge in [0, 0.05) is 29.9 Å². The number of nitrogens with one attached hydrogen (secondary N) is 2. The van der Waals surface area contributed by atoms with Crippen LogP contribution in [0.5, 0.6) is 0 Å². The van der Waals surface area contributed by atoms with Crippen LogP contribution in [0.2, 0.25) is 0 Å². The van der Waals surface area contributed by atoms with Crippen LogP contribution in [-0.2, 0) is 15.8 Å². The number of benzene rings is 2. The summed E-state index contributed by atoms with van der Waals surface area (Å²) in [6.07, 6.45) is -3.36. The van der Waals surface area contributed by atoms with Gasteiger partial charge in [0.15, 0.2) is 0 Å². The lowest BCUT2D eigenvalue weighted by molar-refractivity contribution is -0.138. The topological polar surface area (TPSA) is 81.7 Å². The summed E-state index contributed by atoms with van der Waals surface area (Å²) >= 11 is 0. The first-order chi connectivity index (χ1) is 15.5. The maximum atomic E-state index is 13.5. The lowest BCUT2D eigenvalue weighted by Crippen LogP contribution is -2.32. The Hall–Kier alpha value is -3.33. The fourth-order valence-corrected chi connectivity index (χ4v) is 3.89. The second-order valence-electron chi connectivity index (χ2n) is 8.12. The Kier molecular flexibility index (Phi) is 7.12. The smallest absolute Gasteiger partial charge is 0.416 e. The Morgan fingerprint density at radius 1 is 1.06 bits per heavy atom. The summed E-state index contributed by atoms with van der Waals surface area (Å²) in [6, 6.07) is 8.76. The lowest BCUT2D eigenvalue weighted by Gasteiger charge is -2.20. The number of fused-ring (bicyclic) bond motifs is 1. The molecule has 2 aromatic carbocycles. The number of unbranched alkanes of at least 4 members (excludes halogenated alkanes) is 1. The van der Waals surface area contributed by atoms with E-state index in [4.69, 9.17) is 5.11 Å². The zero-order valence-electron chi connectivity index (χ0n) is 18.6. The minimum atomic E-state index is -4.54. The molecule has 1 amide bonds. The number of carboxylic acid groups (broad SMARTS) is 1. The molecule has 9 heteroatoms. The lowest BCUT2D eigenvalue weighted by atomic mass is 10.0. The number of hydrazine groups is 1. The van der Waals surface area contributed by atoms with Gasteiger partial charge in [-0.15, -0.1) is 0 Å². The molecule has 0 atom stereocenters. The van der Waals surface area contributed by atoms with Crippen molar-refractivity contribution >= 4 is 28.8 Å². The minimum absolute atomic E-state index is 0.0695. The van der Waals surface area contributed by atoms with Gasteiger partial charge in [-0.2, -0.15) is 13.2 Å². The molecule has 1 heterocycles. The molecule has 0 radical (unpaired) electrons. The van der Waals surface area contributed by atoms with Crippen LogP contribution in [0, 0.1) is 13.8 Å². The Morgan fingerprint density at radius 3 is 2.33 bits per heavy atom. The Bertz CT molecular complexity index is 1090. The molecule has 33 heavy (non-hydrogen) atoms. The van der Waals surface area contributed by atoms with E-state index in [-0.39, 0.29) is 17.7 Å². The minimum Gasteiger partial charge on any atom is -0.481 e. The zero-order valence-corrected chi connectivity index (χ0v) is 18.6. The largest absolute Gasteiger partial charge is 0.481 e. The normalized spacial score (nSPS) is 15.0. The summed E-state index contributed by atoms with van der Waals surface area (Å²) < 4.78 is 40.2. The number of carboxylic acids is 1. The Labute approximate surface area is 190 Å². The highest BCUT2D eigenvalue weighted by molar-refractivity contribution is 6.35. The third-order valence-corrected chi connectivity index (χ3v) is 5.31. The molecule has 3 N–H and O–H groups in total. The van der Waals surface area contributed by atoms with Crippen LogP contribution in [-0.4, -0.2) is 23.5 Å². The molecule has 0 saturated heterocycles. The standard InChI is InChI=1S/C24H26F3N3O3/c1-14-10-15(2)12-18(11-14)30-20-13-17(24(25,26)27)7-8-19(20)22(23(30)33)16(3)29-28-9-5-4-6-21(31)32/h7-8,10-13,28-29H,4-6,9H2,1-3H3,(H,31,32)/b22-16-. The van der Waals surface area contributed by atoms with Gasteiger partial charge in [-0.05, 0) is 69.0 Å². The second kappa shape index (κ2) is 9.66.